The van der Waals surface area contributed by atoms with E-state index in [2.05, 4.69) is 24.6 Å². The normalized spacial score (nSPS) is 16.4. The van der Waals surface area contributed by atoms with Crippen molar-refractivity contribution in [3.8, 4) is 0 Å². The van der Waals surface area contributed by atoms with E-state index in [4.69, 9.17) is 5.84 Å². The summed E-state index contributed by atoms with van der Waals surface area (Å²) in [6.07, 6.45) is 3.89. The Bertz CT molecular complexity index is 81.4. The van der Waals surface area contributed by atoms with E-state index in [1.165, 1.54) is 12.8 Å². The molecule has 0 aliphatic carbocycles. The minimum atomic E-state index is 0.261. The van der Waals surface area contributed by atoms with Crippen LogP contribution < -0.4 is 16.6 Å². The Hall–Kier alpha value is -0.120. The van der Waals surface area contributed by atoms with Crippen molar-refractivity contribution in [2.75, 3.05) is 7.05 Å². The molecule has 0 radical (unpaired) electrons. The SMILES string of the molecule is CCCC(C)CC(NC)NN. The molecule has 0 aromatic rings. The van der Waals surface area contributed by atoms with E-state index in [0.717, 1.165) is 12.3 Å². The molecule has 2 unspecified atom stereocenters. The molecule has 0 aromatic heterocycles. The summed E-state index contributed by atoms with van der Waals surface area (Å²) in [5.41, 5.74) is 2.73. The second kappa shape index (κ2) is 6.58. The van der Waals surface area contributed by atoms with Crippen molar-refractivity contribution >= 4 is 0 Å². The van der Waals surface area contributed by atoms with Crippen molar-refractivity contribution < 1.29 is 0 Å². The van der Waals surface area contributed by atoms with Gasteiger partial charge in [-0.2, -0.15) is 0 Å². The number of hydrogen-bond donors (Lipinski definition) is 3. The zero-order chi connectivity index (χ0) is 8.69. The predicted molar refractivity (Wildman–Crippen MR) is 48.9 cm³/mol. The number of nitrogens with one attached hydrogen (secondary N) is 2. The third-order valence-electron chi connectivity index (χ3n) is 1.97. The van der Waals surface area contributed by atoms with Crippen LogP contribution in [0.3, 0.4) is 0 Å². The van der Waals surface area contributed by atoms with Crippen LogP contribution in [0.4, 0.5) is 0 Å². The van der Waals surface area contributed by atoms with Crippen LogP contribution in [0.15, 0.2) is 0 Å². The van der Waals surface area contributed by atoms with Crippen LogP contribution in [0, 0.1) is 5.92 Å². The molecule has 68 valence electrons. The van der Waals surface area contributed by atoms with Gasteiger partial charge in [0, 0.05) is 0 Å². The Kier molecular flexibility index (Phi) is 6.51. The summed E-state index contributed by atoms with van der Waals surface area (Å²) in [6, 6.07) is 0. The third-order valence-corrected chi connectivity index (χ3v) is 1.97. The average Bonchev–Trinajstić information content (AvgIpc) is 2.01. The van der Waals surface area contributed by atoms with E-state index >= 15 is 0 Å². The summed E-state index contributed by atoms with van der Waals surface area (Å²) in [5.74, 6) is 6.06. The summed E-state index contributed by atoms with van der Waals surface area (Å²) < 4.78 is 0. The first kappa shape index (κ1) is 10.9. The van der Waals surface area contributed by atoms with Crippen molar-refractivity contribution in [2.45, 2.75) is 39.3 Å². The molecule has 3 heteroatoms. The second-order valence-corrected chi connectivity index (χ2v) is 3.14. The van der Waals surface area contributed by atoms with Gasteiger partial charge >= 0.3 is 0 Å². The van der Waals surface area contributed by atoms with Crippen LogP contribution in [0.25, 0.3) is 0 Å². The first-order chi connectivity index (χ1) is 5.24. The largest absolute Gasteiger partial charge is 0.304 e. The fourth-order valence-electron chi connectivity index (χ4n) is 1.28. The van der Waals surface area contributed by atoms with Gasteiger partial charge in [-0.1, -0.05) is 26.7 Å². The summed E-state index contributed by atoms with van der Waals surface area (Å²) in [5, 5.41) is 3.10. The van der Waals surface area contributed by atoms with Gasteiger partial charge in [0.15, 0.2) is 0 Å². The monoisotopic (exact) mass is 159 g/mol. The van der Waals surface area contributed by atoms with Crippen LogP contribution in [0.5, 0.6) is 0 Å². The molecule has 0 aromatic carbocycles. The average molecular weight is 159 g/mol. The van der Waals surface area contributed by atoms with Crippen LogP contribution in [0.2, 0.25) is 0 Å². The number of hydrogen-bond acceptors (Lipinski definition) is 3. The highest BCUT2D eigenvalue weighted by molar-refractivity contribution is 4.62. The van der Waals surface area contributed by atoms with Gasteiger partial charge in [-0.05, 0) is 19.4 Å². The lowest BCUT2D eigenvalue weighted by molar-refractivity contribution is 0.355. The van der Waals surface area contributed by atoms with Gasteiger partial charge in [-0.25, -0.2) is 5.43 Å². The maximum Gasteiger partial charge on any atom is 0.0701 e. The van der Waals surface area contributed by atoms with E-state index in [0.29, 0.717) is 0 Å². The highest BCUT2D eigenvalue weighted by Gasteiger charge is 2.07. The molecule has 0 rings (SSSR count). The van der Waals surface area contributed by atoms with Crippen LogP contribution in [0.1, 0.15) is 33.1 Å². The van der Waals surface area contributed by atoms with E-state index in [1.807, 2.05) is 7.05 Å². The van der Waals surface area contributed by atoms with Gasteiger partial charge in [0.1, 0.15) is 0 Å². The Morgan fingerprint density at radius 2 is 2.09 bits per heavy atom. The standard InChI is InChI=1S/C8H21N3/c1-4-5-7(2)6-8(10-3)11-9/h7-8,10-11H,4-6,9H2,1-3H3. The molecule has 0 saturated heterocycles. The summed E-state index contributed by atoms with van der Waals surface area (Å²) in [7, 11) is 1.92. The lowest BCUT2D eigenvalue weighted by Gasteiger charge is -2.18. The minimum Gasteiger partial charge on any atom is -0.304 e. The molecule has 0 amide bonds. The molecule has 0 aliphatic heterocycles. The van der Waals surface area contributed by atoms with Crippen LogP contribution in [-0.2, 0) is 0 Å². The van der Waals surface area contributed by atoms with Crippen molar-refractivity contribution in [3.63, 3.8) is 0 Å². The molecule has 3 nitrogen and oxygen atoms in total. The quantitative estimate of drug-likeness (QED) is 0.305. The molecule has 2 atom stereocenters. The Labute approximate surface area is 69.7 Å². The number of hydrazine groups is 1. The van der Waals surface area contributed by atoms with Crippen molar-refractivity contribution in [3.05, 3.63) is 0 Å². The number of rotatable bonds is 6. The molecule has 0 aliphatic rings. The molecule has 11 heavy (non-hydrogen) atoms. The smallest absolute Gasteiger partial charge is 0.0701 e. The predicted octanol–water partition coefficient (Wildman–Crippen LogP) is 0.822. The van der Waals surface area contributed by atoms with Gasteiger partial charge in [-0.3, -0.25) is 5.84 Å². The minimum absolute atomic E-state index is 0.261. The third kappa shape index (κ3) is 5.18. The van der Waals surface area contributed by atoms with Gasteiger partial charge < -0.3 is 5.32 Å². The molecule has 4 N–H and O–H groups in total. The first-order valence-electron chi connectivity index (χ1n) is 4.38. The zero-order valence-corrected chi connectivity index (χ0v) is 7.85. The van der Waals surface area contributed by atoms with E-state index in [1.54, 1.807) is 0 Å². The van der Waals surface area contributed by atoms with E-state index in [-0.39, 0.29) is 6.17 Å². The van der Waals surface area contributed by atoms with E-state index < -0.39 is 0 Å². The van der Waals surface area contributed by atoms with E-state index in [9.17, 15) is 0 Å². The Balaban J connectivity index is 3.44. The first-order valence-corrected chi connectivity index (χ1v) is 4.38. The highest BCUT2D eigenvalue weighted by Crippen LogP contribution is 2.10. The van der Waals surface area contributed by atoms with Crippen molar-refractivity contribution in [1.29, 1.82) is 0 Å². The highest BCUT2D eigenvalue weighted by atomic mass is 15.3. The molecular formula is C8H21N3. The van der Waals surface area contributed by atoms with Gasteiger partial charge in [0.25, 0.3) is 0 Å². The number of nitrogens with two attached hydrogens (primary N) is 1. The maximum absolute atomic E-state index is 5.32. The van der Waals surface area contributed by atoms with Crippen molar-refractivity contribution in [1.82, 2.24) is 10.7 Å². The van der Waals surface area contributed by atoms with Crippen molar-refractivity contribution in [2.24, 2.45) is 11.8 Å². The Morgan fingerprint density at radius 1 is 1.45 bits per heavy atom. The summed E-state index contributed by atoms with van der Waals surface area (Å²) >= 11 is 0. The summed E-state index contributed by atoms with van der Waals surface area (Å²) in [4.78, 5) is 0. The summed E-state index contributed by atoms with van der Waals surface area (Å²) in [6.45, 7) is 4.46. The Morgan fingerprint density at radius 3 is 2.45 bits per heavy atom. The lowest BCUT2D eigenvalue weighted by atomic mass is 10.0. The van der Waals surface area contributed by atoms with Gasteiger partial charge in [0.05, 0.1) is 6.17 Å². The molecule has 0 fully saturated rings. The fourth-order valence-corrected chi connectivity index (χ4v) is 1.28. The molecular weight excluding hydrogens is 138 g/mol. The van der Waals surface area contributed by atoms with Gasteiger partial charge in [-0.15, -0.1) is 0 Å². The lowest BCUT2D eigenvalue weighted by Crippen LogP contribution is -2.45. The van der Waals surface area contributed by atoms with Crippen LogP contribution >= 0.6 is 0 Å². The molecule has 0 spiro atoms. The maximum atomic E-state index is 5.32. The molecule has 0 bridgehead atoms. The topological polar surface area (TPSA) is 50.1 Å². The molecule has 0 saturated carbocycles. The second-order valence-electron chi connectivity index (χ2n) is 3.14. The van der Waals surface area contributed by atoms with Gasteiger partial charge in [0.2, 0.25) is 0 Å². The fraction of sp³-hybridized carbons (Fsp3) is 1.00. The molecule has 0 heterocycles. The van der Waals surface area contributed by atoms with Crippen LogP contribution in [-0.4, -0.2) is 13.2 Å². The zero-order valence-electron chi connectivity index (χ0n) is 7.85.